The Morgan fingerprint density at radius 3 is 2.84 bits per heavy atom. The topological polar surface area (TPSA) is 78.4 Å². The van der Waals surface area contributed by atoms with Crippen molar-refractivity contribution < 1.29 is 14.7 Å². The molecule has 0 spiro atoms. The molecule has 0 fully saturated rings. The van der Waals surface area contributed by atoms with Gasteiger partial charge in [0, 0.05) is 11.4 Å². The zero-order valence-electron chi connectivity index (χ0n) is 11.1. The van der Waals surface area contributed by atoms with Gasteiger partial charge in [-0.1, -0.05) is 13.8 Å². The Hall–Kier alpha value is -1.88. The first-order chi connectivity index (χ1) is 9.01. The van der Waals surface area contributed by atoms with Gasteiger partial charge in [-0.25, -0.2) is 0 Å². The summed E-state index contributed by atoms with van der Waals surface area (Å²) in [6.07, 6.45) is 0.340. The van der Waals surface area contributed by atoms with Crippen molar-refractivity contribution in [2.24, 2.45) is 11.8 Å². The lowest BCUT2D eigenvalue weighted by Crippen LogP contribution is -2.29. The highest BCUT2D eigenvalue weighted by Crippen LogP contribution is 2.26. The van der Waals surface area contributed by atoms with Crippen molar-refractivity contribution in [3.8, 4) is 0 Å². The molecule has 0 saturated carbocycles. The van der Waals surface area contributed by atoms with Crippen molar-refractivity contribution in [1.29, 1.82) is 0 Å². The molecule has 0 bridgehead atoms. The zero-order valence-corrected chi connectivity index (χ0v) is 11.1. The van der Waals surface area contributed by atoms with Gasteiger partial charge in [-0.15, -0.1) is 0 Å². The van der Waals surface area contributed by atoms with Gasteiger partial charge in [-0.3, -0.25) is 9.59 Å². The van der Waals surface area contributed by atoms with Crippen LogP contribution in [0.1, 0.15) is 19.4 Å². The molecule has 1 aliphatic rings. The summed E-state index contributed by atoms with van der Waals surface area (Å²) in [6.45, 7) is 3.62. The maximum atomic E-state index is 12.0. The molecule has 5 heteroatoms. The van der Waals surface area contributed by atoms with E-state index in [1.165, 1.54) is 0 Å². The zero-order chi connectivity index (χ0) is 14.0. The molecule has 5 nitrogen and oxygen atoms in total. The molecule has 0 aromatic heterocycles. The molecular weight excluding hydrogens is 244 g/mol. The third-order valence-electron chi connectivity index (χ3n) is 3.34. The maximum Gasteiger partial charge on any atom is 0.230 e. The van der Waals surface area contributed by atoms with Crippen molar-refractivity contribution >= 4 is 23.2 Å². The number of carbonyl (C=O) groups excluding carboxylic acids is 2. The first-order valence-electron chi connectivity index (χ1n) is 6.35. The van der Waals surface area contributed by atoms with Gasteiger partial charge in [0.1, 0.15) is 0 Å². The molecule has 1 heterocycles. The van der Waals surface area contributed by atoms with E-state index >= 15 is 0 Å². The van der Waals surface area contributed by atoms with Crippen LogP contribution in [0.4, 0.5) is 11.4 Å². The third kappa shape index (κ3) is 2.93. The largest absolute Gasteiger partial charge is 0.396 e. The number of fused-ring (bicyclic) bond motifs is 1. The molecule has 3 N–H and O–H groups in total. The average molecular weight is 262 g/mol. The molecule has 0 radical (unpaired) electrons. The Labute approximate surface area is 112 Å². The van der Waals surface area contributed by atoms with Crippen LogP contribution < -0.4 is 10.6 Å². The summed E-state index contributed by atoms with van der Waals surface area (Å²) in [7, 11) is 0. The Kier molecular flexibility index (Phi) is 3.85. The van der Waals surface area contributed by atoms with E-state index in [1.807, 2.05) is 13.8 Å². The quantitative estimate of drug-likeness (QED) is 0.767. The van der Waals surface area contributed by atoms with Gasteiger partial charge in [0.05, 0.1) is 18.9 Å². The number of hydrogen-bond donors (Lipinski definition) is 3. The van der Waals surface area contributed by atoms with Gasteiger partial charge in [-0.2, -0.15) is 0 Å². The van der Waals surface area contributed by atoms with E-state index in [9.17, 15) is 14.7 Å². The minimum atomic E-state index is -0.423. The van der Waals surface area contributed by atoms with Gasteiger partial charge < -0.3 is 15.7 Å². The van der Waals surface area contributed by atoms with Gasteiger partial charge in [-0.05, 0) is 29.7 Å². The number of carbonyl (C=O) groups is 2. The van der Waals surface area contributed by atoms with E-state index in [0.29, 0.717) is 12.1 Å². The summed E-state index contributed by atoms with van der Waals surface area (Å²) < 4.78 is 0. The predicted octanol–water partition coefficient (Wildman–Crippen LogP) is 1.38. The maximum absolute atomic E-state index is 12.0. The first kappa shape index (κ1) is 13.5. The van der Waals surface area contributed by atoms with Crippen LogP contribution in [0.2, 0.25) is 0 Å². The predicted molar refractivity (Wildman–Crippen MR) is 72.8 cm³/mol. The monoisotopic (exact) mass is 262 g/mol. The Balaban J connectivity index is 2.10. The third-order valence-corrected chi connectivity index (χ3v) is 3.34. The Bertz CT molecular complexity index is 511. The lowest BCUT2D eigenvalue weighted by Gasteiger charge is -2.17. The minimum Gasteiger partial charge on any atom is -0.396 e. The SMILES string of the molecule is CC(C)C(CO)C(=O)Nc1ccc2c(c1)CC(=O)N2. The summed E-state index contributed by atoms with van der Waals surface area (Å²) in [4.78, 5) is 23.2. The van der Waals surface area contributed by atoms with Crippen molar-refractivity contribution in [3.63, 3.8) is 0 Å². The molecule has 0 saturated heterocycles. The van der Waals surface area contributed by atoms with Crippen molar-refractivity contribution in [2.45, 2.75) is 20.3 Å². The Morgan fingerprint density at radius 2 is 2.21 bits per heavy atom. The second kappa shape index (κ2) is 5.40. The summed E-state index contributed by atoms with van der Waals surface area (Å²) >= 11 is 0. The number of benzene rings is 1. The molecular formula is C14H18N2O3. The van der Waals surface area contributed by atoms with Gasteiger partial charge in [0.15, 0.2) is 0 Å². The first-order valence-corrected chi connectivity index (χ1v) is 6.35. The van der Waals surface area contributed by atoms with E-state index in [4.69, 9.17) is 0 Å². The molecule has 1 unspecified atom stereocenters. The second-order valence-corrected chi connectivity index (χ2v) is 5.12. The van der Waals surface area contributed by atoms with Crippen molar-refractivity contribution in [2.75, 3.05) is 17.2 Å². The number of nitrogens with one attached hydrogen (secondary N) is 2. The van der Waals surface area contributed by atoms with Crippen LogP contribution in [-0.2, 0) is 16.0 Å². The number of aliphatic hydroxyl groups is 1. The van der Waals surface area contributed by atoms with Crippen LogP contribution in [0.25, 0.3) is 0 Å². The number of rotatable bonds is 4. The molecule has 19 heavy (non-hydrogen) atoms. The van der Waals surface area contributed by atoms with E-state index in [1.54, 1.807) is 18.2 Å². The molecule has 2 amide bonds. The van der Waals surface area contributed by atoms with Crippen molar-refractivity contribution in [1.82, 2.24) is 0 Å². The van der Waals surface area contributed by atoms with Gasteiger partial charge >= 0.3 is 0 Å². The molecule has 1 atom stereocenters. The van der Waals surface area contributed by atoms with Gasteiger partial charge in [0.25, 0.3) is 0 Å². The van der Waals surface area contributed by atoms with E-state index in [0.717, 1.165) is 11.3 Å². The highest BCUT2D eigenvalue weighted by Gasteiger charge is 2.22. The minimum absolute atomic E-state index is 0.0334. The van der Waals surface area contributed by atoms with E-state index in [-0.39, 0.29) is 24.3 Å². The van der Waals surface area contributed by atoms with E-state index in [2.05, 4.69) is 10.6 Å². The molecule has 1 aromatic carbocycles. The van der Waals surface area contributed by atoms with Crippen LogP contribution in [0.3, 0.4) is 0 Å². The summed E-state index contributed by atoms with van der Waals surface area (Å²) in [5, 5.41) is 14.7. The number of anilines is 2. The van der Waals surface area contributed by atoms with Crippen molar-refractivity contribution in [3.05, 3.63) is 23.8 Å². The summed E-state index contributed by atoms with van der Waals surface area (Å²) in [6, 6.07) is 5.32. The smallest absolute Gasteiger partial charge is 0.230 e. The lowest BCUT2D eigenvalue weighted by molar-refractivity contribution is -0.122. The number of amides is 2. The van der Waals surface area contributed by atoms with Crippen LogP contribution in [0, 0.1) is 11.8 Å². The highest BCUT2D eigenvalue weighted by molar-refractivity contribution is 6.00. The molecule has 2 rings (SSSR count). The molecule has 1 aromatic rings. The van der Waals surface area contributed by atoms with Crippen LogP contribution in [-0.4, -0.2) is 23.5 Å². The van der Waals surface area contributed by atoms with Crippen LogP contribution >= 0.6 is 0 Å². The average Bonchev–Trinajstić information content (AvgIpc) is 2.68. The standard InChI is InChI=1S/C14H18N2O3/c1-8(2)11(7-17)14(19)15-10-3-4-12-9(5-10)6-13(18)16-12/h3-5,8,11,17H,6-7H2,1-2H3,(H,15,19)(H,16,18). The fraction of sp³-hybridized carbons (Fsp3) is 0.429. The van der Waals surface area contributed by atoms with Gasteiger partial charge in [0.2, 0.25) is 11.8 Å². The summed E-state index contributed by atoms with van der Waals surface area (Å²) in [5.41, 5.74) is 2.33. The van der Waals surface area contributed by atoms with Crippen LogP contribution in [0.15, 0.2) is 18.2 Å². The fourth-order valence-corrected chi connectivity index (χ4v) is 2.14. The van der Waals surface area contributed by atoms with E-state index < -0.39 is 5.92 Å². The number of hydrogen-bond acceptors (Lipinski definition) is 3. The highest BCUT2D eigenvalue weighted by atomic mass is 16.3. The molecule has 1 aliphatic heterocycles. The molecule has 0 aliphatic carbocycles. The lowest BCUT2D eigenvalue weighted by atomic mass is 9.96. The fourth-order valence-electron chi connectivity index (χ4n) is 2.14. The normalized spacial score (nSPS) is 15.1. The number of aliphatic hydroxyl groups excluding tert-OH is 1. The molecule has 102 valence electrons. The Morgan fingerprint density at radius 1 is 1.47 bits per heavy atom. The second-order valence-electron chi connectivity index (χ2n) is 5.12. The summed E-state index contributed by atoms with van der Waals surface area (Å²) in [5.74, 6) is -0.584. The van der Waals surface area contributed by atoms with Crippen LogP contribution in [0.5, 0.6) is 0 Å².